The quantitative estimate of drug-likeness (QED) is 0.622. The van der Waals surface area contributed by atoms with Crippen LogP contribution in [0.15, 0.2) is 73.1 Å². The summed E-state index contributed by atoms with van der Waals surface area (Å²) >= 11 is 0. The molecule has 0 bridgehead atoms. The molecule has 2 aromatic carbocycles. The number of ether oxygens (including phenoxy) is 1. The zero-order valence-electron chi connectivity index (χ0n) is 17.4. The van der Waals surface area contributed by atoms with Gasteiger partial charge in [0.25, 0.3) is 0 Å². The van der Waals surface area contributed by atoms with Gasteiger partial charge in [-0.1, -0.05) is 30.3 Å². The molecule has 3 aromatic rings. The first-order valence-corrected chi connectivity index (χ1v) is 10.2. The first-order valence-electron chi connectivity index (χ1n) is 10.2. The molecule has 0 radical (unpaired) electrons. The number of carbonyl (C=O) groups is 1. The van der Waals surface area contributed by atoms with E-state index in [-0.39, 0.29) is 5.91 Å². The fourth-order valence-corrected chi connectivity index (χ4v) is 3.42. The van der Waals surface area contributed by atoms with Crippen LogP contribution in [0, 0.1) is 0 Å². The number of hydrogen-bond acceptors (Lipinski definition) is 6. The third-order valence-corrected chi connectivity index (χ3v) is 5.13. The lowest BCUT2D eigenvalue weighted by Gasteiger charge is -2.36. The van der Waals surface area contributed by atoms with E-state index in [0.29, 0.717) is 11.6 Å². The Morgan fingerprint density at radius 3 is 2.23 bits per heavy atom. The summed E-state index contributed by atoms with van der Waals surface area (Å²) in [6.45, 7) is 3.54. The van der Waals surface area contributed by atoms with Crippen LogP contribution in [-0.2, 0) is 4.79 Å². The van der Waals surface area contributed by atoms with Gasteiger partial charge in [-0.15, -0.1) is 0 Å². The fourth-order valence-electron chi connectivity index (χ4n) is 3.42. The standard InChI is InChI=1S/C24H25N5O2/c1-31-22-10-7-19(8-11-22)9-12-23(30)27-20-17-25-24(26-18-20)29-15-13-28(14-16-29)21-5-3-2-4-6-21/h2-12,17-18H,13-16H2,1H3,(H,27,30)/b12-9+. The largest absolute Gasteiger partial charge is 0.497 e. The zero-order chi connectivity index (χ0) is 21.5. The monoisotopic (exact) mass is 415 g/mol. The van der Waals surface area contributed by atoms with Crippen LogP contribution in [0.1, 0.15) is 5.56 Å². The predicted molar refractivity (Wildman–Crippen MR) is 124 cm³/mol. The molecule has 1 N–H and O–H groups in total. The molecule has 1 saturated heterocycles. The van der Waals surface area contributed by atoms with E-state index in [2.05, 4.69) is 49.4 Å². The van der Waals surface area contributed by atoms with Crippen LogP contribution >= 0.6 is 0 Å². The minimum absolute atomic E-state index is 0.233. The molecule has 1 aromatic heterocycles. The van der Waals surface area contributed by atoms with Gasteiger partial charge in [0.1, 0.15) is 5.75 Å². The molecule has 0 atom stereocenters. The number of para-hydroxylation sites is 1. The number of anilines is 3. The summed E-state index contributed by atoms with van der Waals surface area (Å²) in [6.07, 6.45) is 6.52. The first kappa shape index (κ1) is 20.4. The minimum atomic E-state index is -0.233. The molecule has 0 saturated carbocycles. The van der Waals surface area contributed by atoms with E-state index in [1.54, 1.807) is 25.6 Å². The maximum Gasteiger partial charge on any atom is 0.248 e. The molecule has 2 heterocycles. The summed E-state index contributed by atoms with van der Waals surface area (Å²) in [6, 6.07) is 17.9. The van der Waals surface area contributed by atoms with Crippen LogP contribution in [0.2, 0.25) is 0 Å². The lowest BCUT2D eigenvalue weighted by molar-refractivity contribution is -0.111. The number of amides is 1. The van der Waals surface area contributed by atoms with E-state index in [0.717, 1.165) is 37.5 Å². The molecule has 31 heavy (non-hydrogen) atoms. The van der Waals surface area contributed by atoms with Crippen molar-refractivity contribution in [3.8, 4) is 5.75 Å². The molecule has 0 aliphatic carbocycles. The van der Waals surface area contributed by atoms with Crippen LogP contribution in [-0.4, -0.2) is 49.2 Å². The topological polar surface area (TPSA) is 70.6 Å². The second-order valence-corrected chi connectivity index (χ2v) is 7.18. The number of piperazine rings is 1. The Morgan fingerprint density at radius 1 is 0.935 bits per heavy atom. The highest BCUT2D eigenvalue weighted by molar-refractivity contribution is 6.01. The highest BCUT2D eigenvalue weighted by atomic mass is 16.5. The van der Waals surface area contributed by atoms with Crippen molar-refractivity contribution in [1.29, 1.82) is 0 Å². The van der Waals surface area contributed by atoms with Crippen LogP contribution < -0.4 is 19.9 Å². The van der Waals surface area contributed by atoms with Crippen LogP contribution in [0.4, 0.5) is 17.3 Å². The Kier molecular flexibility index (Phi) is 6.42. The van der Waals surface area contributed by atoms with E-state index < -0.39 is 0 Å². The van der Waals surface area contributed by atoms with Crippen molar-refractivity contribution in [2.75, 3.05) is 48.4 Å². The van der Waals surface area contributed by atoms with Crippen molar-refractivity contribution in [2.45, 2.75) is 0 Å². The number of carbonyl (C=O) groups excluding carboxylic acids is 1. The molecule has 0 unspecified atom stereocenters. The van der Waals surface area contributed by atoms with Gasteiger partial charge in [-0.05, 0) is 35.9 Å². The van der Waals surface area contributed by atoms with E-state index in [9.17, 15) is 4.79 Å². The second kappa shape index (κ2) is 9.75. The van der Waals surface area contributed by atoms with Gasteiger partial charge in [-0.2, -0.15) is 0 Å². The van der Waals surface area contributed by atoms with Crippen molar-refractivity contribution in [1.82, 2.24) is 9.97 Å². The number of methoxy groups -OCH3 is 1. The Labute approximate surface area is 182 Å². The third kappa shape index (κ3) is 5.39. The molecule has 1 amide bonds. The van der Waals surface area contributed by atoms with Crippen molar-refractivity contribution >= 4 is 29.3 Å². The van der Waals surface area contributed by atoms with E-state index in [4.69, 9.17) is 4.74 Å². The Bertz CT molecular complexity index is 1010. The van der Waals surface area contributed by atoms with Crippen LogP contribution in [0.5, 0.6) is 5.75 Å². The van der Waals surface area contributed by atoms with Gasteiger partial charge < -0.3 is 19.9 Å². The molecule has 1 aliphatic heterocycles. The molecule has 4 rings (SSSR count). The predicted octanol–water partition coefficient (Wildman–Crippen LogP) is 3.46. The Morgan fingerprint density at radius 2 is 1.58 bits per heavy atom. The summed E-state index contributed by atoms with van der Waals surface area (Å²) in [5.74, 6) is 1.23. The average molecular weight is 415 g/mol. The number of aromatic nitrogens is 2. The third-order valence-electron chi connectivity index (χ3n) is 5.13. The summed E-state index contributed by atoms with van der Waals surface area (Å²) in [7, 11) is 1.62. The number of hydrogen-bond donors (Lipinski definition) is 1. The molecule has 1 aliphatic rings. The van der Waals surface area contributed by atoms with E-state index >= 15 is 0 Å². The van der Waals surface area contributed by atoms with Crippen LogP contribution in [0.3, 0.4) is 0 Å². The lowest BCUT2D eigenvalue weighted by Crippen LogP contribution is -2.47. The molecule has 0 spiro atoms. The maximum absolute atomic E-state index is 12.2. The number of nitrogens with one attached hydrogen (secondary N) is 1. The van der Waals surface area contributed by atoms with Gasteiger partial charge in [-0.25, -0.2) is 9.97 Å². The second-order valence-electron chi connectivity index (χ2n) is 7.18. The highest BCUT2D eigenvalue weighted by Crippen LogP contribution is 2.18. The smallest absolute Gasteiger partial charge is 0.248 e. The molecule has 7 heteroatoms. The minimum Gasteiger partial charge on any atom is -0.497 e. The molecular formula is C24H25N5O2. The number of nitrogens with zero attached hydrogens (tertiary/aromatic N) is 4. The van der Waals surface area contributed by atoms with Gasteiger partial charge in [0.15, 0.2) is 0 Å². The van der Waals surface area contributed by atoms with Crippen molar-refractivity contribution in [3.05, 3.63) is 78.6 Å². The summed E-state index contributed by atoms with van der Waals surface area (Å²) in [5.41, 5.74) is 2.72. The summed E-state index contributed by atoms with van der Waals surface area (Å²) < 4.78 is 5.13. The normalized spacial score (nSPS) is 14.0. The number of rotatable bonds is 6. The van der Waals surface area contributed by atoms with Crippen molar-refractivity contribution in [3.63, 3.8) is 0 Å². The molecular weight excluding hydrogens is 390 g/mol. The molecule has 158 valence electrons. The summed E-state index contributed by atoms with van der Waals surface area (Å²) in [4.78, 5) is 25.6. The first-order chi connectivity index (χ1) is 15.2. The van der Waals surface area contributed by atoms with Crippen molar-refractivity contribution < 1.29 is 9.53 Å². The van der Waals surface area contributed by atoms with Crippen LogP contribution in [0.25, 0.3) is 6.08 Å². The van der Waals surface area contributed by atoms with E-state index in [1.165, 1.54) is 11.8 Å². The number of benzene rings is 2. The van der Waals surface area contributed by atoms with Gasteiger partial charge in [0, 0.05) is 37.9 Å². The van der Waals surface area contributed by atoms with Gasteiger partial charge in [0.05, 0.1) is 25.2 Å². The molecule has 1 fully saturated rings. The fraction of sp³-hybridized carbons (Fsp3) is 0.208. The van der Waals surface area contributed by atoms with E-state index in [1.807, 2.05) is 30.3 Å². The van der Waals surface area contributed by atoms with Gasteiger partial charge >= 0.3 is 0 Å². The maximum atomic E-state index is 12.2. The zero-order valence-corrected chi connectivity index (χ0v) is 17.4. The lowest BCUT2D eigenvalue weighted by atomic mass is 10.2. The SMILES string of the molecule is COc1ccc(/C=C/C(=O)Nc2cnc(N3CCN(c4ccccc4)CC3)nc2)cc1. The van der Waals surface area contributed by atoms with Crippen molar-refractivity contribution in [2.24, 2.45) is 0 Å². The summed E-state index contributed by atoms with van der Waals surface area (Å²) in [5, 5.41) is 2.79. The van der Waals surface area contributed by atoms with Gasteiger partial charge in [-0.3, -0.25) is 4.79 Å². The van der Waals surface area contributed by atoms with Gasteiger partial charge in [0.2, 0.25) is 11.9 Å². The highest BCUT2D eigenvalue weighted by Gasteiger charge is 2.19. The average Bonchev–Trinajstić information content (AvgIpc) is 2.84. The Hall–Kier alpha value is -3.87. The Balaban J connectivity index is 1.29. The molecule has 7 nitrogen and oxygen atoms in total.